The Hall–Kier alpha value is -2.20. The third-order valence-corrected chi connectivity index (χ3v) is 3.78. The third-order valence-electron chi connectivity index (χ3n) is 3.53. The van der Waals surface area contributed by atoms with Crippen LogP contribution < -0.4 is 9.47 Å². The highest BCUT2D eigenvalue weighted by atomic mass is 35.5. The number of hydrogen-bond donors (Lipinski definition) is 0. The van der Waals surface area contributed by atoms with Crippen molar-refractivity contribution in [2.45, 2.75) is 12.6 Å². The molecular formula is C16H13ClN2O2. The number of benzene rings is 2. The zero-order chi connectivity index (χ0) is 14.2. The molecule has 0 fully saturated rings. The molecule has 2 heterocycles. The van der Waals surface area contributed by atoms with Crippen molar-refractivity contribution in [2.75, 3.05) is 6.61 Å². The van der Waals surface area contributed by atoms with Crippen LogP contribution in [0.25, 0.3) is 11.0 Å². The van der Waals surface area contributed by atoms with E-state index in [4.69, 9.17) is 21.1 Å². The Morgan fingerprint density at radius 1 is 1.19 bits per heavy atom. The molecule has 2 aromatic carbocycles. The number of aromatic nitrogens is 2. The van der Waals surface area contributed by atoms with Crippen LogP contribution in [0.4, 0.5) is 0 Å². The van der Waals surface area contributed by atoms with E-state index in [1.54, 1.807) is 0 Å². The van der Waals surface area contributed by atoms with Gasteiger partial charge in [-0.15, -0.1) is 0 Å². The van der Waals surface area contributed by atoms with Gasteiger partial charge in [0.2, 0.25) is 0 Å². The van der Waals surface area contributed by atoms with Gasteiger partial charge in [-0.2, -0.15) is 4.98 Å². The van der Waals surface area contributed by atoms with E-state index in [9.17, 15) is 0 Å². The Morgan fingerprint density at radius 3 is 2.86 bits per heavy atom. The first-order valence-electron chi connectivity index (χ1n) is 6.80. The highest BCUT2D eigenvalue weighted by Gasteiger charge is 2.26. The minimum Gasteiger partial charge on any atom is -0.490 e. The van der Waals surface area contributed by atoms with Gasteiger partial charge in [-0.25, -0.2) is 0 Å². The standard InChI is InChI=1S/C16H13ClN2O2/c17-11-5-7-12(8-6-11)20-10-13-9-19-15-4-2-1-3-14(15)18-16(19)21-13/h1-8,13H,9-10H2/t13-/m0/s1. The van der Waals surface area contributed by atoms with Crippen LogP contribution in [0.5, 0.6) is 11.8 Å². The zero-order valence-corrected chi connectivity index (χ0v) is 12.0. The molecule has 3 aromatic rings. The quantitative estimate of drug-likeness (QED) is 0.742. The molecule has 4 rings (SSSR count). The van der Waals surface area contributed by atoms with Crippen LogP contribution in [0.2, 0.25) is 5.02 Å². The van der Waals surface area contributed by atoms with Crippen molar-refractivity contribution in [3.8, 4) is 11.8 Å². The number of rotatable bonds is 3. The first kappa shape index (κ1) is 12.5. The lowest BCUT2D eigenvalue weighted by Crippen LogP contribution is -2.23. The van der Waals surface area contributed by atoms with Crippen molar-refractivity contribution in [2.24, 2.45) is 0 Å². The molecule has 0 saturated carbocycles. The summed E-state index contributed by atoms with van der Waals surface area (Å²) in [6, 6.07) is 16.0. The van der Waals surface area contributed by atoms with E-state index in [0.29, 0.717) is 17.6 Å². The first-order chi connectivity index (χ1) is 10.3. The Labute approximate surface area is 126 Å². The third kappa shape index (κ3) is 2.32. The highest BCUT2D eigenvalue weighted by Crippen LogP contribution is 2.28. The van der Waals surface area contributed by atoms with Gasteiger partial charge < -0.3 is 9.47 Å². The van der Waals surface area contributed by atoms with Crippen molar-refractivity contribution in [3.05, 3.63) is 53.6 Å². The number of halogens is 1. The molecule has 0 aliphatic carbocycles. The zero-order valence-electron chi connectivity index (χ0n) is 11.2. The summed E-state index contributed by atoms with van der Waals surface area (Å²) in [6.07, 6.45) is -0.0206. The molecule has 5 heteroatoms. The van der Waals surface area contributed by atoms with Gasteiger partial charge in [0.15, 0.2) is 6.10 Å². The van der Waals surface area contributed by atoms with E-state index in [2.05, 4.69) is 15.6 Å². The number of nitrogens with zero attached hydrogens (tertiary/aromatic N) is 2. The second kappa shape index (κ2) is 4.97. The van der Waals surface area contributed by atoms with Crippen LogP contribution in [0.1, 0.15) is 0 Å². The summed E-state index contributed by atoms with van der Waals surface area (Å²) in [7, 11) is 0. The van der Waals surface area contributed by atoms with E-state index in [1.807, 2.05) is 42.5 Å². The summed E-state index contributed by atoms with van der Waals surface area (Å²) in [5, 5.41) is 0.700. The fraction of sp³-hybridized carbons (Fsp3) is 0.188. The molecule has 0 radical (unpaired) electrons. The molecule has 4 nitrogen and oxygen atoms in total. The number of ether oxygens (including phenoxy) is 2. The molecule has 1 atom stereocenters. The van der Waals surface area contributed by atoms with Crippen molar-refractivity contribution in [3.63, 3.8) is 0 Å². The van der Waals surface area contributed by atoms with Gasteiger partial charge in [0.1, 0.15) is 12.4 Å². The van der Waals surface area contributed by atoms with Gasteiger partial charge in [-0.3, -0.25) is 4.57 Å². The lowest BCUT2D eigenvalue weighted by molar-refractivity contribution is 0.144. The minimum absolute atomic E-state index is 0.0206. The fourth-order valence-electron chi connectivity index (χ4n) is 2.52. The minimum atomic E-state index is -0.0206. The predicted molar refractivity (Wildman–Crippen MR) is 81.1 cm³/mol. The summed E-state index contributed by atoms with van der Waals surface area (Å²) in [5.74, 6) is 0.789. The molecule has 21 heavy (non-hydrogen) atoms. The molecule has 0 bridgehead atoms. The summed E-state index contributed by atoms with van der Waals surface area (Å²) < 4.78 is 13.7. The lowest BCUT2D eigenvalue weighted by Gasteiger charge is -2.11. The maximum Gasteiger partial charge on any atom is 0.297 e. The predicted octanol–water partition coefficient (Wildman–Crippen LogP) is 3.53. The van der Waals surface area contributed by atoms with Gasteiger partial charge in [0.25, 0.3) is 6.01 Å². The van der Waals surface area contributed by atoms with Crippen LogP contribution in [-0.2, 0) is 6.54 Å². The van der Waals surface area contributed by atoms with Crippen molar-refractivity contribution in [1.82, 2.24) is 9.55 Å². The summed E-state index contributed by atoms with van der Waals surface area (Å²) in [5.41, 5.74) is 2.06. The van der Waals surface area contributed by atoms with Crippen LogP contribution in [0, 0.1) is 0 Å². The van der Waals surface area contributed by atoms with Gasteiger partial charge in [-0.05, 0) is 36.4 Å². The number of hydrogen-bond acceptors (Lipinski definition) is 3. The average Bonchev–Trinajstić information content (AvgIpc) is 3.04. The Bertz CT molecular complexity index is 783. The molecule has 0 unspecified atom stereocenters. The SMILES string of the molecule is Clc1ccc(OC[C@@H]2Cn3c(nc4ccccc43)O2)cc1. The Balaban J connectivity index is 1.46. The van der Waals surface area contributed by atoms with Crippen LogP contribution in [-0.4, -0.2) is 22.3 Å². The maximum atomic E-state index is 5.85. The number of imidazole rings is 1. The summed E-state index contributed by atoms with van der Waals surface area (Å²) in [6.45, 7) is 1.24. The lowest BCUT2D eigenvalue weighted by atomic mass is 10.3. The van der Waals surface area contributed by atoms with Crippen molar-refractivity contribution < 1.29 is 9.47 Å². The topological polar surface area (TPSA) is 36.3 Å². The molecule has 1 aromatic heterocycles. The largest absolute Gasteiger partial charge is 0.490 e. The molecule has 106 valence electrons. The molecule has 1 aliphatic heterocycles. The van der Waals surface area contributed by atoms with Gasteiger partial charge >= 0.3 is 0 Å². The van der Waals surface area contributed by atoms with Gasteiger partial charge in [0, 0.05) is 5.02 Å². The molecular weight excluding hydrogens is 288 g/mol. The van der Waals surface area contributed by atoms with Crippen molar-refractivity contribution in [1.29, 1.82) is 0 Å². The molecule has 0 saturated heterocycles. The second-order valence-corrected chi connectivity index (χ2v) is 5.43. The monoisotopic (exact) mass is 300 g/mol. The van der Waals surface area contributed by atoms with Crippen LogP contribution in [0.15, 0.2) is 48.5 Å². The Morgan fingerprint density at radius 2 is 2.00 bits per heavy atom. The fourth-order valence-corrected chi connectivity index (χ4v) is 2.64. The second-order valence-electron chi connectivity index (χ2n) is 5.00. The average molecular weight is 301 g/mol. The number of para-hydroxylation sites is 2. The summed E-state index contributed by atoms with van der Waals surface area (Å²) in [4.78, 5) is 4.48. The van der Waals surface area contributed by atoms with E-state index in [0.717, 1.165) is 23.3 Å². The summed E-state index contributed by atoms with van der Waals surface area (Å²) >= 11 is 5.85. The van der Waals surface area contributed by atoms with E-state index in [-0.39, 0.29) is 6.10 Å². The molecule has 1 aliphatic rings. The smallest absolute Gasteiger partial charge is 0.297 e. The molecule has 0 spiro atoms. The van der Waals surface area contributed by atoms with Crippen LogP contribution >= 0.6 is 11.6 Å². The van der Waals surface area contributed by atoms with E-state index in [1.165, 1.54) is 0 Å². The first-order valence-corrected chi connectivity index (χ1v) is 7.18. The Kier molecular flexibility index (Phi) is 2.97. The number of fused-ring (bicyclic) bond motifs is 3. The van der Waals surface area contributed by atoms with Crippen LogP contribution in [0.3, 0.4) is 0 Å². The van der Waals surface area contributed by atoms with Crippen molar-refractivity contribution >= 4 is 22.6 Å². The van der Waals surface area contributed by atoms with E-state index < -0.39 is 0 Å². The molecule has 0 N–H and O–H groups in total. The normalized spacial score (nSPS) is 16.7. The van der Waals surface area contributed by atoms with Gasteiger partial charge in [0.05, 0.1) is 17.6 Å². The van der Waals surface area contributed by atoms with E-state index >= 15 is 0 Å². The maximum absolute atomic E-state index is 5.85. The molecule has 0 amide bonds. The highest BCUT2D eigenvalue weighted by molar-refractivity contribution is 6.30. The van der Waals surface area contributed by atoms with Gasteiger partial charge in [-0.1, -0.05) is 23.7 Å².